The number of nitrogens with zero attached hydrogens (tertiary/aromatic N) is 4. The summed E-state index contributed by atoms with van der Waals surface area (Å²) in [5.41, 5.74) is 2.05. The van der Waals surface area contributed by atoms with Crippen LogP contribution in [0.15, 0.2) is 12.3 Å². The first-order valence-electron chi connectivity index (χ1n) is 9.95. The lowest BCUT2D eigenvalue weighted by Crippen LogP contribution is -2.38. The maximum absolute atomic E-state index is 12.0. The summed E-state index contributed by atoms with van der Waals surface area (Å²) in [6.45, 7) is 4.65. The quantitative estimate of drug-likeness (QED) is 0.680. The lowest BCUT2D eigenvalue weighted by Gasteiger charge is -2.27. The second-order valence-electron chi connectivity index (χ2n) is 7.44. The molecule has 0 radical (unpaired) electrons. The maximum Gasteiger partial charge on any atom is 0.321 e. The van der Waals surface area contributed by atoms with Crippen LogP contribution < -0.4 is 15.5 Å². The third-order valence-corrected chi connectivity index (χ3v) is 6.13. The Balaban J connectivity index is 1.42. The van der Waals surface area contributed by atoms with E-state index in [1.807, 2.05) is 12.3 Å². The topological polar surface area (TPSA) is 112 Å². The van der Waals surface area contributed by atoms with Crippen LogP contribution in [-0.2, 0) is 17.7 Å². The molecule has 2 aliphatic rings. The van der Waals surface area contributed by atoms with E-state index in [2.05, 4.69) is 25.5 Å². The molecule has 2 aromatic heterocycles. The summed E-state index contributed by atoms with van der Waals surface area (Å²) in [5.74, 6) is 1.07. The van der Waals surface area contributed by atoms with E-state index in [-0.39, 0.29) is 18.7 Å². The number of anilines is 2. The van der Waals surface area contributed by atoms with Crippen LogP contribution in [0.1, 0.15) is 41.9 Å². The Morgan fingerprint density at radius 1 is 1.48 bits per heavy atom. The first-order chi connectivity index (χ1) is 14.1. The van der Waals surface area contributed by atoms with Crippen molar-refractivity contribution in [3.05, 3.63) is 28.5 Å². The third kappa shape index (κ3) is 4.82. The second-order valence-corrected chi connectivity index (χ2v) is 8.52. The van der Waals surface area contributed by atoms with Gasteiger partial charge in [0, 0.05) is 36.6 Å². The van der Waals surface area contributed by atoms with Crippen molar-refractivity contribution in [1.29, 1.82) is 0 Å². The number of ether oxygens (including phenoxy) is 1. The number of rotatable bonds is 5. The highest BCUT2D eigenvalue weighted by molar-refractivity contribution is 7.15. The van der Waals surface area contributed by atoms with Gasteiger partial charge in [0.15, 0.2) is 5.13 Å². The van der Waals surface area contributed by atoms with E-state index in [1.54, 1.807) is 6.92 Å². The molecular weight excluding hydrogens is 392 g/mol. The summed E-state index contributed by atoms with van der Waals surface area (Å²) in [6, 6.07) is 1.32. The highest BCUT2D eigenvalue weighted by Crippen LogP contribution is 2.30. The number of urea groups is 1. The standard InChI is InChI=1S/C19H26N6O3S/c1-12(10-26)21-18(27)24-19-23-15-5-7-25(9-16(15)29-19)17-20-6-4-14(22-17)13-3-2-8-28-11-13/h4,6,12-13,26H,2-3,5,7-11H2,1H3,(H2,21,23,24,27)/t12-,13?/m1/s1. The van der Waals surface area contributed by atoms with E-state index in [4.69, 9.17) is 14.8 Å². The van der Waals surface area contributed by atoms with Gasteiger partial charge in [-0.05, 0) is 25.8 Å². The maximum atomic E-state index is 12.0. The molecule has 29 heavy (non-hydrogen) atoms. The smallest absolute Gasteiger partial charge is 0.321 e. The van der Waals surface area contributed by atoms with Gasteiger partial charge in [0.05, 0.1) is 37.2 Å². The van der Waals surface area contributed by atoms with Crippen molar-refractivity contribution in [2.24, 2.45) is 0 Å². The molecule has 10 heteroatoms. The van der Waals surface area contributed by atoms with Crippen LogP contribution in [0.2, 0.25) is 0 Å². The summed E-state index contributed by atoms with van der Waals surface area (Å²) in [5, 5.41) is 15.0. The summed E-state index contributed by atoms with van der Waals surface area (Å²) in [7, 11) is 0. The first kappa shape index (κ1) is 20.0. The number of nitrogens with one attached hydrogen (secondary N) is 2. The molecule has 1 fully saturated rings. The fraction of sp³-hybridized carbons (Fsp3) is 0.579. The van der Waals surface area contributed by atoms with Crippen LogP contribution in [0.5, 0.6) is 0 Å². The Kier molecular flexibility index (Phi) is 6.22. The number of fused-ring (bicyclic) bond motifs is 1. The highest BCUT2D eigenvalue weighted by atomic mass is 32.1. The number of aliphatic hydroxyl groups is 1. The van der Waals surface area contributed by atoms with Crippen LogP contribution in [0.4, 0.5) is 15.9 Å². The fourth-order valence-electron chi connectivity index (χ4n) is 3.54. The molecule has 0 aromatic carbocycles. The Bertz CT molecular complexity index is 854. The highest BCUT2D eigenvalue weighted by Gasteiger charge is 2.24. The van der Waals surface area contributed by atoms with Crippen molar-refractivity contribution >= 4 is 28.4 Å². The van der Waals surface area contributed by atoms with Crippen molar-refractivity contribution in [3.8, 4) is 0 Å². The number of thiazole rings is 1. The van der Waals surface area contributed by atoms with Gasteiger partial charge in [-0.25, -0.2) is 19.7 Å². The van der Waals surface area contributed by atoms with E-state index in [0.717, 1.165) is 61.2 Å². The molecule has 1 saturated heterocycles. The van der Waals surface area contributed by atoms with Gasteiger partial charge in [0.2, 0.25) is 5.95 Å². The lowest BCUT2D eigenvalue weighted by atomic mass is 9.98. The monoisotopic (exact) mass is 418 g/mol. The predicted molar refractivity (Wildman–Crippen MR) is 110 cm³/mol. The van der Waals surface area contributed by atoms with Gasteiger partial charge >= 0.3 is 6.03 Å². The summed E-state index contributed by atoms with van der Waals surface area (Å²) in [4.78, 5) is 29.1. The van der Waals surface area contributed by atoms with Crippen molar-refractivity contribution in [3.63, 3.8) is 0 Å². The zero-order valence-corrected chi connectivity index (χ0v) is 17.2. The number of hydrogen-bond donors (Lipinski definition) is 3. The molecule has 4 heterocycles. The zero-order chi connectivity index (χ0) is 20.2. The van der Waals surface area contributed by atoms with Crippen LogP contribution in [0, 0.1) is 0 Å². The van der Waals surface area contributed by atoms with Crippen LogP contribution in [-0.4, -0.2) is 58.5 Å². The van der Waals surface area contributed by atoms with E-state index in [1.165, 1.54) is 11.3 Å². The second kappa shape index (κ2) is 9.02. The minimum atomic E-state index is -0.361. The van der Waals surface area contributed by atoms with Gasteiger partial charge in [-0.3, -0.25) is 5.32 Å². The molecule has 9 nitrogen and oxygen atoms in total. The van der Waals surface area contributed by atoms with E-state index < -0.39 is 0 Å². The molecule has 1 unspecified atom stereocenters. The molecule has 2 aromatic rings. The van der Waals surface area contributed by atoms with Gasteiger partial charge in [-0.15, -0.1) is 0 Å². The molecule has 4 rings (SSSR count). The van der Waals surface area contributed by atoms with Crippen LogP contribution in [0.25, 0.3) is 0 Å². The molecule has 0 spiro atoms. The average molecular weight is 419 g/mol. The number of carbonyl (C=O) groups is 1. The van der Waals surface area contributed by atoms with Gasteiger partial charge in [0.1, 0.15) is 0 Å². The third-order valence-electron chi connectivity index (χ3n) is 5.13. The number of aromatic nitrogens is 3. The normalized spacial score (nSPS) is 20.1. The van der Waals surface area contributed by atoms with Gasteiger partial charge < -0.3 is 20.1 Å². The first-order valence-corrected chi connectivity index (χ1v) is 10.8. The Morgan fingerprint density at radius 3 is 3.17 bits per heavy atom. The molecule has 0 saturated carbocycles. The average Bonchev–Trinajstić information content (AvgIpc) is 3.15. The fourth-order valence-corrected chi connectivity index (χ4v) is 4.56. The number of carbonyl (C=O) groups excluding carboxylic acids is 1. The van der Waals surface area contributed by atoms with E-state index >= 15 is 0 Å². The molecule has 2 aliphatic heterocycles. The summed E-state index contributed by atoms with van der Waals surface area (Å²) >= 11 is 1.47. The van der Waals surface area contributed by atoms with Crippen molar-refractivity contribution in [2.45, 2.75) is 44.7 Å². The van der Waals surface area contributed by atoms with Crippen LogP contribution >= 0.6 is 11.3 Å². The van der Waals surface area contributed by atoms with Gasteiger partial charge in [0.25, 0.3) is 0 Å². The number of hydrogen-bond acceptors (Lipinski definition) is 8. The summed E-state index contributed by atoms with van der Waals surface area (Å²) < 4.78 is 5.60. The number of amides is 2. The number of aliphatic hydroxyl groups excluding tert-OH is 1. The Labute approximate surface area is 173 Å². The zero-order valence-electron chi connectivity index (χ0n) is 16.4. The van der Waals surface area contributed by atoms with Crippen molar-refractivity contribution in [1.82, 2.24) is 20.3 Å². The van der Waals surface area contributed by atoms with Gasteiger partial charge in [-0.2, -0.15) is 0 Å². The van der Waals surface area contributed by atoms with Crippen LogP contribution in [0.3, 0.4) is 0 Å². The molecule has 2 amide bonds. The minimum absolute atomic E-state index is 0.108. The molecular formula is C19H26N6O3S. The predicted octanol–water partition coefficient (Wildman–Crippen LogP) is 1.89. The Morgan fingerprint density at radius 2 is 2.38 bits per heavy atom. The lowest BCUT2D eigenvalue weighted by molar-refractivity contribution is 0.0793. The summed E-state index contributed by atoms with van der Waals surface area (Å²) in [6.07, 6.45) is 4.77. The van der Waals surface area contributed by atoms with Gasteiger partial charge in [-0.1, -0.05) is 11.3 Å². The molecule has 156 valence electrons. The van der Waals surface area contributed by atoms with E-state index in [0.29, 0.717) is 17.6 Å². The SMILES string of the molecule is C[C@H](CO)NC(=O)Nc1nc2c(s1)CN(c1nccc(C3CCCOC3)n1)CC2. The van der Waals surface area contributed by atoms with Crippen molar-refractivity contribution in [2.75, 3.05) is 36.6 Å². The molecule has 2 atom stereocenters. The van der Waals surface area contributed by atoms with E-state index in [9.17, 15) is 4.79 Å². The molecule has 0 aliphatic carbocycles. The minimum Gasteiger partial charge on any atom is -0.394 e. The molecule has 0 bridgehead atoms. The largest absolute Gasteiger partial charge is 0.394 e. The molecule has 3 N–H and O–H groups in total. The van der Waals surface area contributed by atoms with Crippen molar-refractivity contribution < 1.29 is 14.6 Å². The Hall–Kier alpha value is -2.30.